The highest BCUT2D eigenvalue weighted by molar-refractivity contribution is 7.85. The van der Waals surface area contributed by atoms with Crippen molar-refractivity contribution in [1.29, 1.82) is 0 Å². The van der Waals surface area contributed by atoms with Crippen molar-refractivity contribution in [2.24, 2.45) is 5.92 Å². The van der Waals surface area contributed by atoms with Crippen LogP contribution in [-0.4, -0.2) is 18.8 Å². The van der Waals surface area contributed by atoms with E-state index in [4.69, 9.17) is 4.55 Å². The van der Waals surface area contributed by atoms with E-state index in [2.05, 4.69) is 0 Å². The van der Waals surface area contributed by atoms with Crippen LogP contribution in [0.4, 0.5) is 17.6 Å². The van der Waals surface area contributed by atoms with Gasteiger partial charge in [-0.15, -0.1) is 0 Å². The summed E-state index contributed by atoms with van der Waals surface area (Å²) >= 11 is 0. The summed E-state index contributed by atoms with van der Waals surface area (Å²) in [5, 5.41) is 0. The number of carbonyl (C=O) groups excluding carboxylic acids is 1. The van der Waals surface area contributed by atoms with Gasteiger partial charge in [0.05, 0.1) is 0 Å². The van der Waals surface area contributed by atoms with Crippen molar-refractivity contribution in [2.75, 3.05) is 0 Å². The van der Waals surface area contributed by atoms with Gasteiger partial charge in [-0.3, -0.25) is 9.35 Å². The number of hydrogen-bond acceptors (Lipinski definition) is 3. The van der Waals surface area contributed by atoms with Gasteiger partial charge in [0, 0.05) is 18.4 Å². The molecule has 21 heavy (non-hydrogen) atoms. The Hall–Kier alpha value is -1.48. The van der Waals surface area contributed by atoms with Gasteiger partial charge in [0.15, 0.2) is 28.2 Å². The van der Waals surface area contributed by atoms with E-state index in [9.17, 15) is 30.8 Å². The Balaban J connectivity index is 3.42. The lowest BCUT2D eigenvalue weighted by Gasteiger charge is -2.10. The molecule has 9 heteroatoms. The molecule has 0 amide bonds. The van der Waals surface area contributed by atoms with Crippen molar-refractivity contribution in [1.82, 2.24) is 0 Å². The van der Waals surface area contributed by atoms with E-state index in [1.165, 1.54) is 0 Å². The molecule has 0 atom stereocenters. The molecule has 0 saturated heterocycles. The second-order valence-electron chi connectivity index (χ2n) is 4.85. The van der Waals surface area contributed by atoms with E-state index in [1.807, 2.05) is 0 Å². The highest BCUT2D eigenvalue weighted by Gasteiger charge is 2.32. The molecule has 118 valence electrons. The van der Waals surface area contributed by atoms with E-state index < -0.39 is 56.1 Å². The van der Waals surface area contributed by atoms with Crippen LogP contribution in [0.5, 0.6) is 0 Å². The van der Waals surface area contributed by atoms with Crippen molar-refractivity contribution in [3.63, 3.8) is 0 Å². The van der Waals surface area contributed by atoms with Gasteiger partial charge in [-0.05, 0) is 5.92 Å². The fourth-order valence-corrected chi connectivity index (χ4v) is 2.40. The summed E-state index contributed by atoms with van der Waals surface area (Å²) in [5.74, 6) is -9.35. The average molecular weight is 328 g/mol. The number of halogens is 4. The molecule has 0 aliphatic heterocycles. The largest absolute Gasteiger partial charge is 0.300 e. The van der Waals surface area contributed by atoms with E-state index in [0.29, 0.717) is 0 Å². The number of ketones is 1. The third kappa shape index (κ3) is 3.79. The Morgan fingerprint density at radius 3 is 1.81 bits per heavy atom. The lowest BCUT2D eigenvalue weighted by molar-refractivity contribution is -0.119. The molecule has 0 radical (unpaired) electrons. The van der Waals surface area contributed by atoms with Gasteiger partial charge < -0.3 is 0 Å². The van der Waals surface area contributed by atoms with Crippen LogP contribution in [0.1, 0.15) is 25.8 Å². The zero-order valence-corrected chi connectivity index (χ0v) is 11.9. The molecular formula is C12H12F4O4S. The minimum atomic E-state index is -5.49. The van der Waals surface area contributed by atoms with Gasteiger partial charge in [0.2, 0.25) is 0 Å². The van der Waals surface area contributed by atoms with Crippen molar-refractivity contribution < 1.29 is 35.3 Å². The van der Waals surface area contributed by atoms with Crippen LogP contribution in [0.3, 0.4) is 0 Å². The molecular weight excluding hydrogens is 316 g/mol. The van der Waals surface area contributed by atoms with Crippen LogP contribution < -0.4 is 0 Å². The van der Waals surface area contributed by atoms with E-state index in [0.717, 1.165) is 0 Å². The molecule has 0 aromatic heterocycles. The van der Waals surface area contributed by atoms with Crippen molar-refractivity contribution in [3.05, 3.63) is 28.8 Å². The molecule has 4 nitrogen and oxygen atoms in total. The summed E-state index contributed by atoms with van der Waals surface area (Å²) in [7, 11) is -5.49. The molecule has 1 rings (SSSR count). The number of benzene rings is 1. The molecule has 0 saturated carbocycles. The van der Waals surface area contributed by atoms with Crippen molar-refractivity contribution in [2.45, 2.75) is 31.6 Å². The zero-order chi connectivity index (χ0) is 16.5. The van der Waals surface area contributed by atoms with E-state index >= 15 is 0 Å². The maximum absolute atomic E-state index is 13.6. The van der Waals surface area contributed by atoms with Crippen LogP contribution in [-0.2, 0) is 21.3 Å². The molecule has 1 aromatic carbocycles. The van der Waals surface area contributed by atoms with Gasteiger partial charge in [0.1, 0.15) is 5.78 Å². The SMILES string of the molecule is CC(C)CC(=O)Cc1c(F)c(F)c(S(=O)(=O)O)c(F)c1F. The molecule has 0 heterocycles. The van der Waals surface area contributed by atoms with Gasteiger partial charge in [0.25, 0.3) is 0 Å². The Bertz CT molecular complexity index is 654. The average Bonchev–Trinajstić information content (AvgIpc) is 2.29. The molecule has 0 fully saturated rings. The first kappa shape index (κ1) is 17.6. The zero-order valence-electron chi connectivity index (χ0n) is 11.1. The van der Waals surface area contributed by atoms with Crippen LogP contribution in [0.2, 0.25) is 0 Å². The Morgan fingerprint density at radius 2 is 1.48 bits per heavy atom. The summed E-state index contributed by atoms with van der Waals surface area (Å²) in [6.45, 7) is 3.32. The second kappa shape index (κ2) is 6.10. The second-order valence-corrected chi connectivity index (χ2v) is 6.21. The van der Waals surface area contributed by atoms with Gasteiger partial charge in [-0.1, -0.05) is 13.8 Å². The fraction of sp³-hybridized carbons (Fsp3) is 0.417. The monoisotopic (exact) mass is 328 g/mol. The van der Waals surface area contributed by atoms with E-state index in [1.54, 1.807) is 13.8 Å². The number of Topliss-reactive ketones (excluding diaryl/α,β-unsaturated/α-hetero) is 1. The smallest absolute Gasteiger partial charge is 0.299 e. The lowest BCUT2D eigenvalue weighted by Crippen LogP contribution is -2.16. The summed E-state index contributed by atoms with van der Waals surface area (Å²) in [6.07, 6.45) is -0.988. The van der Waals surface area contributed by atoms with Crippen LogP contribution in [0.15, 0.2) is 4.90 Å². The molecule has 0 unspecified atom stereocenters. The minimum absolute atomic E-state index is 0.0673. The topological polar surface area (TPSA) is 71.4 Å². The first-order valence-electron chi connectivity index (χ1n) is 5.80. The molecule has 1 N–H and O–H groups in total. The number of carbonyl (C=O) groups is 1. The molecule has 0 bridgehead atoms. The lowest BCUT2D eigenvalue weighted by atomic mass is 10.00. The molecule has 0 aliphatic carbocycles. The Morgan fingerprint density at radius 1 is 1.05 bits per heavy atom. The maximum atomic E-state index is 13.6. The third-order valence-corrected chi connectivity index (χ3v) is 3.46. The normalized spacial score (nSPS) is 12.0. The predicted octanol–water partition coefficient (Wildman–Crippen LogP) is 2.65. The number of rotatable bonds is 5. The van der Waals surface area contributed by atoms with Crippen LogP contribution in [0, 0.1) is 29.2 Å². The van der Waals surface area contributed by atoms with Crippen molar-refractivity contribution >= 4 is 15.9 Å². The summed E-state index contributed by atoms with van der Waals surface area (Å²) in [4.78, 5) is 9.37. The van der Waals surface area contributed by atoms with Gasteiger partial charge >= 0.3 is 10.1 Å². The van der Waals surface area contributed by atoms with E-state index in [-0.39, 0.29) is 12.3 Å². The standard InChI is InChI=1S/C12H12F4O4S/c1-5(2)3-6(17)4-7-8(13)10(15)12(21(18,19)20)11(16)9(7)14/h5H,3-4H2,1-2H3,(H,18,19,20). The third-order valence-electron chi connectivity index (χ3n) is 2.58. The Kier molecular flexibility index (Phi) is 5.11. The van der Waals surface area contributed by atoms with Crippen LogP contribution in [0.25, 0.3) is 0 Å². The highest BCUT2D eigenvalue weighted by Crippen LogP contribution is 2.28. The highest BCUT2D eigenvalue weighted by atomic mass is 32.2. The summed E-state index contributed by atoms with van der Waals surface area (Å²) in [5.41, 5.74) is -1.21. The fourth-order valence-electron chi connectivity index (χ4n) is 1.76. The Labute approximate surface area is 118 Å². The van der Waals surface area contributed by atoms with Crippen LogP contribution >= 0.6 is 0 Å². The molecule has 1 aromatic rings. The first-order valence-corrected chi connectivity index (χ1v) is 7.24. The summed E-state index contributed by atoms with van der Waals surface area (Å²) < 4.78 is 84.3. The first-order chi connectivity index (χ1) is 9.46. The molecule has 0 aliphatic rings. The quantitative estimate of drug-likeness (QED) is 0.512. The van der Waals surface area contributed by atoms with Gasteiger partial charge in [-0.25, -0.2) is 17.6 Å². The minimum Gasteiger partial charge on any atom is -0.299 e. The predicted molar refractivity (Wildman–Crippen MR) is 64.3 cm³/mol. The van der Waals surface area contributed by atoms with Gasteiger partial charge in [-0.2, -0.15) is 8.42 Å². The summed E-state index contributed by atoms with van der Waals surface area (Å²) in [6, 6.07) is 0. The number of hydrogen-bond donors (Lipinski definition) is 1. The maximum Gasteiger partial charge on any atom is 0.300 e. The van der Waals surface area contributed by atoms with Crippen molar-refractivity contribution in [3.8, 4) is 0 Å². The molecule has 0 spiro atoms.